The highest BCUT2D eigenvalue weighted by molar-refractivity contribution is 7.93. The number of hydrogen-bond acceptors (Lipinski definition) is 9. The molecule has 0 aliphatic rings. The number of nitrogens with zero attached hydrogens (tertiary/aromatic N) is 6. The fourth-order valence-corrected chi connectivity index (χ4v) is 9.56. The van der Waals surface area contributed by atoms with Crippen molar-refractivity contribution < 1.29 is 21.6 Å². The number of ether oxygens (including phenoxy) is 1. The molecular formula is C48H50N8O5S2. The SMILES string of the molecule is Cc1cc(NS(=O)(=O)c2ccc(OC(C)(C)CCC(C)c3cc(NS(=O)(=O)c4ccc(C(C)(C)C)cc4)n(-c4cccc5ncccc45)n3)cc2)n(-c2cccc3ncccc23)n1. The molecule has 0 spiro atoms. The topological polar surface area (TPSA) is 163 Å². The second kappa shape index (κ2) is 16.6. The van der Waals surface area contributed by atoms with E-state index in [2.05, 4.69) is 45.3 Å². The van der Waals surface area contributed by atoms with Gasteiger partial charge in [-0.25, -0.2) is 26.2 Å². The lowest BCUT2D eigenvalue weighted by molar-refractivity contribution is 0.0948. The van der Waals surface area contributed by atoms with Crippen molar-refractivity contribution in [1.82, 2.24) is 29.5 Å². The van der Waals surface area contributed by atoms with Crippen molar-refractivity contribution in [3.05, 3.63) is 151 Å². The molecule has 8 rings (SSSR count). The molecule has 13 nitrogen and oxygen atoms in total. The molecule has 1 atom stereocenters. The second-order valence-corrected chi connectivity index (χ2v) is 20.8. The van der Waals surface area contributed by atoms with Crippen LogP contribution in [0.2, 0.25) is 0 Å². The van der Waals surface area contributed by atoms with Crippen LogP contribution in [0, 0.1) is 6.92 Å². The molecule has 4 heterocycles. The predicted octanol–water partition coefficient (Wildman–Crippen LogP) is 10.1. The van der Waals surface area contributed by atoms with Gasteiger partial charge in [0, 0.05) is 41.2 Å². The van der Waals surface area contributed by atoms with Gasteiger partial charge >= 0.3 is 0 Å². The van der Waals surface area contributed by atoms with Crippen molar-refractivity contribution in [2.75, 3.05) is 9.44 Å². The summed E-state index contributed by atoms with van der Waals surface area (Å²) in [6.45, 7) is 14.1. The maximum atomic E-state index is 13.9. The number of sulfonamides is 2. The Hall–Kier alpha value is -6.58. The summed E-state index contributed by atoms with van der Waals surface area (Å²) in [4.78, 5) is 9.14. The molecule has 0 fully saturated rings. The number of pyridine rings is 2. The minimum atomic E-state index is -4.00. The van der Waals surface area contributed by atoms with Gasteiger partial charge in [0.2, 0.25) is 0 Å². The molecule has 63 heavy (non-hydrogen) atoms. The third kappa shape index (κ3) is 9.30. The fraction of sp³-hybridized carbons (Fsp3) is 0.250. The number of benzene rings is 4. The number of fused-ring (bicyclic) bond motifs is 2. The van der Waals surface area contributed by atoms with Gasteiger partial charge in [0.15, 0.2) is 0 Å². The molecule has 0 aliphatic heterocycles. The van der Waals surface area contributed by atoms with E-state index in [9.17, 15) is 16.8 Å². The van der Waals surface area contributed by atoms with Gasteiger partial charge in [0.1, 0.15) is 23.0 Å². The Morgan fingerprint density at radius 1 is 0.635 bits per heavy atom. The molecule has 0 saturated carbocycles. The smallest absolute Gasteiger partial charge is 0.263 e. The molecule has 15 heteroatoms. The lowest BCUT2D eigenvalue weighted by atomic mass is 9.87. The Morgan fingerprint density at radius 3 is 1.68 bits per heavy atom. The molecule has 1 unspecified atom stereocenters. The predicted molar refractivity (Wildman–Crippen MR) is 248 cm³/mol. The van der Waals surface area contributed by atoms with Gasteiger partial charge in [-0.05, 0) is 130 Å². The number of hydrogen-bond donors (Lipinski definition) is 2. The Morgan fingerprint density at radius 2 is 1.14 bits per heavy atom. The van der Waals surface area contributed by atoms with Crippen LogP contribution in [0.1, 0.15) is 77.3 Å². The molecular weight excluding hydrogens is 833 g/mol. The first kappa shape index (κ1) is 43.1. The van der Waals surface area contributed by atoms with Crippen molar-refractivity contribution in [2.45, 2.75) is 88.0 Å². The molecule has 4 aromatic heterocycles. The number of anilines is 2. The first-order valence-electron chi connectivity index (χ1n) is 20.7. The van der Waals surface area contributed by atoms with E-state index >= 15 is 0 Å². The molecule has 0 radical (unpaired) electrons. The fourth-order valence-electron chi connectivity index (χ4n) is 7.49. The molecule has 0 aliphatic carbocycles. The normalized spacial score (nSPS) is 13.0. The summed E-state index contributed by atoms with van der Waals surface area (Å²) in [5.74, 6) is 1.02. The van der Waals surface area contributed by atoms with E-state index in [1.165, 1.54) is 12.1 Å². The van der Waals surface area contributed by atoms with Crippen LogP contribution >= 0.6 is 0 Å². The van der Waals surface area contributed by atoms with E-state index in [1.54, 1.807) is 65.1 Å². The van der Waals surface area contributed by atoms with Gasteiger partial charge < -0.3 is 4.74 Å². The highest BCUT2D eigenvalue weighted by Gasteiger charge is 2.27. The van der Waals surface area contributed by atoms with Gasteiger partial charge in [0.05, 0.1) is 43.6 Å². The van der Waals surface area contributed by atoms with Gasteiger partial charge in [-0.2, -0.15) is 10.2 Å². The summed E-state index contributed by atoms with van der Waals surface area (Å²) in [7, 11) is -7.99. The molecule has 0 saturated heterocycles. The average Bonchev–Trinajstić information content (AvgIpc) is 3.83. The Bertz CT molecular complexity index is 3160. The maximum Gasteiger partial charge on any atom is 0.263 e. The van der Waals surface area contributed by atoms with E-state index < -0.39 is 25.6 Å². The van der Waals surface area contributed by atoms with E-state index in [0.29, 0.717) is 53.0 Å². The number of aryl methyl sites for hydroxylation is 1. The van der Waals surface area contributed by atoms with Crippen molar-refractivity contribution in [1.29, 1.82) is 0 Å². The van der Waals surface area contributed by atoms with E-state index in [-0.39, 0.29) is 21.1 Å². The van der Waals surface area contributed by atoms with Gasteiger partial charge in [-0.15, -0.1) is 0 Å². The highest BCUT2D eigenvalue weighted by atomic mass is 32.2. The van der Waals surface area contributed by atoms with E-state index in [0.717, 1.165) is 27.4 Å². The van der Waals surface area contributed by atoms with Crippen molar-refractivity contribution in [3.8, 4) is 17.1 Å². The molecule has 2 N–H and O–H groups in total. The summed E-state index contributed by atoms with van der Waals surface area (Å²) in [6, 6.07) is 35.6. The summed E-state index contributed by atoms with van der Waals surface area (Å²) in [5, 5.41) is 11.2. The van der Waals surface area contributed by atoms with Crippen LogP contribution in [0.25, 0.3) is 33.2 Å². The Balaban J connectivity index is 0.978. The van der Waals surface area contributed by atoms with Crippen molar-refractivity contribution in [3.63, 3.8) is 0 Å². The highest BCUT2D eigenvalue weighted by Crippen LogP contribution is 2.34. The third-order valence-electron chi connectivity index (χ3n) is 11.0. The van der Waals surface area contributed by atoms with Gasteiger partial charge in [-0.1, -0.05) is 52.0 Å². The van der Waals surface area contributed by atoms with Crippen molar-refractivity contribution in [2.24, 2.45) is 0 Å². The van der Waals surface area contributed by atoms with E-state index in [1.807, 2.05) is 93.6 Å². The quantitative estimate of drug-likeness (QED) is 0.108. The maximum absolute atomic E-state index is 13.9. The summed E-state index contributed by atoms with van der Waals surface area (Å²) in [6.07, 6.45) is 4.69. The Labute approximate surface area is 368 Å². The zero-order chi connectivity index (χ0) is 44.7. The summed E-state index contributed by atoms with van der Waals surface area (Å²) >= 11 is 0. The zero-order valence-electron chi connectivity index (χ0n) is 36.2. The summed E-state index contributed by atoms with van der Waals surface area (Å²) in [5.41, 5.74) is 4.50. The minimum absolute atomic E-state index is 0.0668. The van der Waals surface area contributed by atoms with Crippen molar-refractivity contribution >= 4 is 53.5 Å². The minimum Gasteiger partial charge on any atom is -0.488 e. The zero-order valence-corrected chi connectivity index (χ0v) is 37.9. The molecule has 0 amide bonds. The first-order chi connectivity index (χ1) is 29.9. The van der Waals surface area contributed by atoms with Crippen LogP contribution in [0.15, 0.2) is 144 Å². The lowest BCUT2D eigenvalue weighted by Gasteiger charge is -2.27. The standard InChI is InChI=1S/C48H50N8O5S2/c1-32(42-31-46(54-62(57,58)36-22-18-34(19-23-36)47(3,4)5)56(52-42)44-17-9-15-41-39(44)13-11-29-50-41)26-27-48(6,7)61-35-20-24-37(25-21-35)63(59,60)53-45-30-33(2)51-55(45)43-16-8-14-40-38(43)12-10-28-49-40/h8-25,28-32,53-54H,26-27H2,1-7H3. The third-order valence-corrected chi connectivity index (χ3v) is 13.7. The van der Waals surface area contributed by atoms with Crippen LogP contribution in [-0.2, 0) is 25.5 Å². The van der Waals surface area contributed by atoms with Crippen LogP contribution in [0.4, 0.5) is 11.6 Å². The van der Waals surface area contributed by atoms with E-state index in [4.69, 9.17) is 9.84 Å². The average molecular weight is 883 g/mol. The second-order valence-electron chi connectivity index (χ2n) is 17.4. The van der Waals surface area contributed by atoms with Gasteiger partial charge in [0.25, 0.3) is 20.0 Å². The van der Waals surface area contributed by atoms with Crippen LogP contribution in [-0.4, -0.2) is 52.0 Å². The van der Waals surface area contributed by atoms with Crippen LogP contribution < -0.4 is 14.2 Å². The largest absolute Gasteiger partial charge is 0.488 e. The summed E-state index contributed by atoms with van der Waals surface area (Å²) < 4.78 is 70.3. The monoisotopic (exact) mass is 882 g/mol. The molecule has 324 valence electrons. The first-order valence-corrected chi connectivity index (χ1v) is 23.6. The van der Waals surface area contributed by atoms with Gasteiger partial charge in [-0.3, -0.25) is 19.4 Å². The molecule has 8 aromatic rings. The molecule has 0 bridgehead atoms. The van der Waals surface area contributed by atoms with Crippen LogP contribution in [0.3, 0.4) is 0 Å². The number of aromatic nitrogens is 6. The lowest BCUT2D eigenvalue weighted by Crippen LogP contribution is -2.28. The molecule has 4 aromatic carbocycles. The number of nitrogens with one attached hydrogen (secondary N) is 2. The Kier molecular flexibility index (Phi) is 11.4. The number of rotatable bonds is 14. The van der Waals surface area contributed by atoms with Crippen LogP contribution in [0.5, 0.6) is 5.75 Å².